The maximum atomic E-state index is 13.7. The van der Waals surface area contributed by atoms with Gasteiger partial charge in [-0.2, -0.15) is 0 Å². The van der Waals surface area contributed by atoms with E-state index in [1.54, 1.807) is 36.5 Å². The predicted molar refractivity (Wildman–Crippen MR) is 138 cm³/mol. The number of rotatable bonds is 10. The molecule has 1 aromatic heterocycles. The summed E-state index contributed by atoms with van der Waals surface area (Å²) in [7, 11) is 0. The first kappa shape index (κ1) is 26.5. The second-order valence-electron chi connectivity index (χ2n) is 8.63. The first-order chi connectivity index (χ1) is 17.3. The Morgan fingerprint density at radius 2 is 1.64 bits per heavy atom. The number of para-hydroxylation sites is 1. The van der Waals surface area contributed by atoms with Gasteiger partial charge in [0.05, 0.1) is 0 Å². The SMILES string of the molecule is CCc1ccccc1N(C(=O)CCC(=O)Nc1ccccn1)[C@@H](C(=O)NC(C)C)c1ccc(F)cc1. The van der Waals surface area contributed by atoms with E-state index in [1.807, 2.05) is 32.9 Å². The van der Waals surface area contributed by atoms with E-state index in [0.29, 0.717) is 23.5 Å². The topological polar surface area (TPSA) is 91.4 Å². The Morgan fingerprint density at radius 1 is 0.944 bits per heavy atom. The summed E-state index contributed by atoms with van der Waals surface area (Å²) in [5.41, 5.74) is 1.91. The molecule has 0 radical (unpaired) electrons. The number of pyridine rings is 1. The molecule has 1 heterocycles. The predicted octanol–water partition coefficient (Wildman–Crippen LogP) is 4.80. The number of aromatic nitrogens is 1. The molecule has 1 atom stereocenters. The molecule has 36 heavy (non-hydrogen) atoms. The number of nitrogens with one attached hydrogen (secondary N) is 2. The number of benzene rings is 2. The van der Waals surface area contributed by atoms with E-state index in [9.17, 15) is 18.8 Å². The van der Waals surface area contributed by atoms with Gasteiger partial charge in [0.2, 0.25) is 17.7 Å². The lowest BCUT2D eigenvalue weighted by atomic mass is 9.99. The maximum Gasteiger partial charge on any atom is 0.248 e. The van der Waals surface area contributed by atoms with E-state index in [2.05, 4.69) is 15.6 Å². The molecule has 0 aliphatic carbocycles. The molecule has 7 nitrogen and oxygen atoms in total. The average Bonchev–Trinajstić information content (AvgIpc) is 2.86. The molecule has 0 saturated carbocycles. The van der Waals surface area contributed by atoms with Gasteiger partial charge in [-0.15, -0.1) is 0 Å². The number of nitrogens with zero attached hydrogens (tertiary/aromatic N) is 2. The Hall–Kier alpha value is -4.07. The number of carbonyl (C=O) groups is 3. The molecule has 0 unspecified atom stereocenters. The smallest absolute Gasteiger partial charge is 0.248 e. The van der Waals surface area contributed by atoms with Gasteiger partial charge in [-0.05, 0) is 61.7 Å². The maximum absolute atomic E-state index is 13.7. The molecule has 0 fully saturated rings. The number of aryl methyl sites for hydroxylation is 1. The van der Waals surface area contributed by atoms with Crippen LogP contribution in [0.25, 0.3) is 0 Å². The molecular weight excluding hydrogens is 459 g/mol. The summed E-state index contributed by atoms with van der Waals surface area (Å²) < 4.78 is 13.7. The van der Waals surface area contributed by atoms with Gasteiger partial charge in [-0.25, -0.2) is 9.37 Å². The van der Waals surface area contributed by atoms with Gasteiger partial charge in [0, 0.05) is 30.8 Å². The molecule has 0 bridgehead atoms. The van der Waals surface area contributed by atoms with Crippen LogP contribution in [0.4, 0.5) is 15.9 Å². The van der Waals surface area contributed by atoms with Gasteiger partial charge in [-0.1, -0.05) is 43.3 Å². The van der Waals surface area contributed by atoms with Crippen molar-refractivity contribution >= 4 is 29.2 Å². The first-order valence-electron chi connectivity index (χ1n) is 12.0. The molecule has 0 spiro atoms. The molecule has 0 saturated heterocycles. The fraction of sp³-hybridized carbons (Fsp3) is 0.286. The molecule has 3 aromatic rings. The van der Waals surface area contributed by atoms with E-state index in [4.69, 9.17) is 0 Å². The van der Waals surface area contributed by atoms with Crippen LogP contribution in [0.15, 0.2) is 72.9 Å². The molecule has 3 amide bonds. The lowest BCUT2D eigenvalue weighted by molar-refractivity contribution is -0.127. The highest BCUT2D eigenvalue weighted by molar-refractivity contribution is 6.03. The Morgan fingerprint density at radius 3 is 2.28 bits per heavy atom. The van der Waals surface area contributed by atoms with Crippen molar-refractivity contribution < 1.29 is 18.8 Å². The highest BCUT2D eigenvalue weighted by atomic mass is 19.1. The number of amides is 3. The third kappa shape index (κ3) is 6.97. The fourth-order valence-electron chi connectivity index (χ4n) is 3.87. The molecule has 2 N–H and O–H groups in total. The minimum Gasteiger partial charge on any atom is -0.352 e. The Balaban J connectivity index is 1.97. The largest absolute Gasteiger partial charge is 0.352 e. The molecule has 0 aliphatic heterocycles. The summed E-state index contributed by atoms with van der Waals surface area (Å²) in [5, 5.41) is 5.55. The lowest BCUT2D eigenvalue weighted by Gasteiger charge is -2.33. The van der Waals surface area contributed by atoms with Crippen LogP contribution in [0.2, 0.25) is 0 Å². The summed E-state index contributed by atoms with van der Waals surface area (Å²) in [5.74, 6) is -1.21. The zero-order valence-electron chi connectivity index (χ0n) is 20.7. The van der Waals surface area contributed by atoms with Crippen molar-refractivity contribution in [3.8, 4) is 0 Å². The van der Waals surface area contributed by atoms with Gasteiger partial charge < -0.3 is 10.6 Å². The van der Waals surface area contributed by atoms with E-state index in [0.717, 1.165) is 5.56 Å². The van der Waals surface area contributed by atoms with E-state index < -0.39 is 23.7 Å². The van der Waals surface area contributed by atoms with Crippen LogP contribution in [0.3, 0.4) is 0 Å². The van der Waals surface area contributed by atoms with Gasteiger partial charge in [0.15, 0.2) is 0 Å². The second kappa shape index (κ2) is 12.6. The van der Waals surface area contributed by atoms with Crippen molar-refractivity contribution in [3.05, 3.63) is 89.9 Å². The monoisotopic (exact) mass is 490 g/mol. The van der Waals surface area contributed by atoms with Crippen molar-refractivity contribution in [2.24, 2.45) is 0 Å². The average molecular weight is 491 g/mol. The van der Waals surface area contributed by atoms with Crippen LogP contribution < -0.4 is 15.5 Å². The molecule has 3 rings (SSSR count). The van der Waals surface area contributed by atoms with Crippen LogP contribution >= 0.6 is 0 Å². The van der Waals surface area contributed by atoms with Crippen molar-refractivity contribution in [2.45, 2.75) is 52.1 Å². The van der Waals surface area contributed by atoms with E-state index in [-0.39, 0.29) is 24.8 Å². The van der Waals surface area contributed by atoms with E-state index >= 15 is 0 Å². The Labute approximate surface area is 210 Å². The zero-order valence-corrected chi connectivity index (χ0v) is 20.7. The third-order valence-corrected chi connectivity index (χ3v) is 5.52. The minimum absolute atomic E-state index is 0.0951. The van der Waals surface area contributed by atoms with Crippen LogP contribution in [0.1, 0.15) is 50.8 Å². The fourth-order valence-corrected chi connectivity index (χ4v) is 3.87. The second-order valence-corrected chi connectivity index (χ2v) is 8.63. The summed E-state index contributed by atoms with van der Waals surface area (Å²) in [6, 6.07) is 16.8. The van der Waals surface area contributed by atoms with Crippen molar-refractivity contribution in [2.75, 3.05) is 10.2 Å². The van der Waals surface area contributed by atoms with Crippen LogP contribution in [0.5, 0.6) is 0 Å². The lowest BCUT2D eigenvalue weighted by Crippen LogP contribution is -2.46. The summed E-state index contributed by atoms with van der Waals surface area (Å²) >= 11 is 0. The number of halogens is 1. The molecule has 188 valence electrons. The van der Waals surface area contributed by atoms with E-state index in [1.165, 1.54) is 29.2 Å². The third-order valence-electron chi connectivity index (χ3n) is 5.52. The van der Waals surface area contributed by atoms with Crippen LogP contribution in [0, 0.1) is 5.82 Å². The van der Waals surface area contributed by atoms with Crippen molar-refractivity contribution in [3.63, 3.8) is 0 Å². The summed E-state index contributed by atoms with van der Waals surface area (Å²) in [6.07, 6.45) is 1.96. The number of carbonyl (C=O) groups excluding carboxylic acids is 3. The quantitative estimate of drug-likeness (QED) is 0.427. The summed E-state index contributed by atoms with van der Waals surface area (Å²) in [6.45, 7) is 5.62. The van der Waals surface area contributed by atoms with Gasteiger partial charge in [-0.3, -0.25) is 19.3 Å². The molecule has 0 aliphatic rings. The minimum atomic E-state index is -1.05. The normalized spacial score (nSPS) is 11.6. The number of anilines is 2. The van der Waals surface area contributed by atoms with Crippen molar-refractivity contribution in [1.29, 1.82) is 0 Å². The van der Waals surface area contributed by atoms with Gasteiger partial charge >= 0.3 is 0 Å². The highest BCUT2D eigenvalue weighted by Crippen LogP contribution is 2.32. The molecule has 8 heteroatoms. The van der Waals surface area contributed by atoms with Crippen LogP contribution in [-0.2, 0) is 20.8 Å². The highest BCUT2D eigenvalue weighted by Gasteiger charge is 2.34. The van der Waals surface area contributed by atoms with Gasteiger partial charge in [0.1, 0.15) is 17.7 Å². The molecular formula is C28H31FN4O3. The van der Waals surface area contributed by atoms with Crippen LogP contribution in [-0.4, -0.2) is 28.7 Å². The zero-order chi connectivity index (χ0) is 26.1. The number of hydrogen-bond acceptors (Lipinski definition) is 4. The standard InChI is InChI=1S/C28H31FN4O3/c1-4-20-9-5-6-10-23(20)33(26(35)17-16-25(34)32-24-11-7-8-18-30-24)27(28(36)31-19(2)3)21-12-14-22(29)15-13-21/h5-15,18-19,27H,4,16-17H2,1-3H3,(H,31,36)(H,30,32,34)/t27-/m1/s1. The first-order valence-corrected chi connectivity index (χ1v) is 12.0. The molecule has 2 aromatic carbocycles. The summed E-state index contributed by atoms with van der Waals surface area (Å²) in [4.78, 5) is 45.2. The Bertz CT molecular complexity index is 1180. The Kier molecular flexibility index (Phi) is 9.27. The van der Waals surface area contributed by atoms with Gasteiger partial charge in [0.25, 0.3) is 0 Å². The van der Waals surface area contributed by atoms with Crippen molar-refractivity contribution in [1.82, 2.24) is 10.3 Å². The number of hydrogen-bond donors (Lipinski definition) is 2.